The van der Waals surface area contributed by atoms with Gasteiger partial charge in [0.05, 0.1) is 5.92 Å². The Labute approximate surface area is 148 Å². The van der Waals surface area contributed by atoms with Gasteiger partial charge in [0.25, 0.3) is 5.91 Å². The van der Waals surface area contributed by atoms with Crippen LogP contribution in [0.25, 0.3) is 0 Å². The summed E-state index contributed by atoms with van der Waals surface area (Å²) >= 11 is 0. The minimum Gasteiger partial charge on any atom is -0.481 e. The van der Waals surface area contributed by atoms with Crippen LogP contribution in [0.3, 0.4) is 0 Å². The van der Waals surface area contributed by atoms with Crippen LogP contribution in [0.15, 0.2) is 24.3 Å². The van der Waals surface area contributed by atoms with Gasteiger partial charge in [0.15, 0.2) is 0 Å². The SMILES string of the molecule is CCC(=O)Nc1cccc(C(=O)NC2CCCCCCC2C(=O)O)c1. The van der Waals surface area contributed by atoms with E-state index in [0.29, 0.717) is 30.5 Å². The highest BCUT2D eigenvalue weighted by atomic mass is 16.4. The summed E-state index contributed by atoms with van der Waals surface area (Å²) in [4.78, 5) is 35.6. The molecule has 6 heteroatoms. The summed E-state index contributed by atoms with van der Waals surface area (Å²) in [6.45, 7) is 1.76. The largest absolute Gasteiger partial charge is 0.481 e. The van der Waals surface area contributed by atoms with Crippen LogP contribution in [0.5, 0.6) is 0 Å². The van der Waals surface area contributed by atoms with Crippen molar-refractivity contribution >= 4 is 23.5 Å². The molecule has 0 saturated heterocycles. The number of benzene rings is 1. The molecule has 1 fully saturated rings. The fourth-order valence-electron chi connectivity index (χ4n) is 3.19. The van der Waals surface area contributed by atoms with E-state index in [0.717, 1.165) is 25.7 Å². The minimum absolute atomic E-state index is 0.122. The van der Waals surface area contributed by atoms with Gasteiger partial charge in [-0.25, -0.2) is 0 Å². The molecule has 2 unspecified atom stereocenters. The Morgan fingerprint density at radius 3 is 2.52 bits per heavy atom. The van der Waals surface area contributed by atoms with Crippen LogP contribution in [0.2, 0.25) is 0 Å². The number of rotatable bonds is 5. The highest BCUT2D eigenvalue weighted by molar-refractivity contribution is 5.97. The molecule has 3 N–H and O–H groups in total. The van der Waals surface area contributed by atoms with E-state index in [-0.39, 0.29) is 17.9 Å². The molecular weight excluding hydrogens is 320 g/mol. The van der Waals surface area contributed by atoms with E-state index >= 15 is 0 Å². The maximum absolute atomic E-state index is 12.6. The number of carbonyl (C=O) groups excluding carboxylic acids is 2. The molecule has 0 aliphatic heterocycles. The zero-order chi connectivity index (χ0) is 18.2. The number of amides is 2. The van der Waals surface area contributed by atoms with Gasteiger partial charge in [0.1, 0.15) is 0 Å². The van der Waals surface area contributed by atoms with E-state index in [2.05, 4.69) is 10.6 Å². The van der Waals surface area contributed by atoms with Crippen LogP contribution in [0, 0.1) is 5.92 Å². The number of nitrogens with one attached hydrogen (secondary N) is 2. The Balaban J connectivity index is 2.09. The van der Waals surface area contributed by atoms with Gasteiger partial charge < -0.3 is 15.7 Å². The Morgan fingerprint density at radius 1 is 1.12 bits per heavy atom. The molecule has 1 saturated carbocycles. The van der Waals surface area contributed by atoms with Crippen molar-refractivity contribution in [2.75, 3.05) is 5.32 Å². The smallest absolute Gasteiger partial charge is 0.308 e. The third-order valence-corrected chi connectivity index (χ3v) is 4.63. The number of anilines is 1. The second kappa shape index (κ2) is 9.20. The Morgan fingerprint density at radius 2 is 1.84 bits per heavy atom. The first-order chi connectivity index (χ1) is 12.0. The minimum atomic E-state index is -0.851. The lowest BCUT2D eigenvalue weighted by atomic mass is 9.86. The van der Waals surface area contributed by atoms with Gasteiger partial charge in [-0.05, 0) is 31.0 Å². The van der Waals surface area contributed by atoms with Crippen molar-refractivity contribution in [3.8, 4) is 0 Å². The van der Waals surface area contributed by atoms with Gasteiger partial charge in [0, 0.05) is 23.7 Å². The highest BCUT2D eigenvalue weighted by Gasteiger charge is 2.30. The zero-order valence-electron chi connectivity index (χ0n) is 14.6. The zero-order valence-corrected chi connectivity index (χ0v) is 14.6. The first-order valence-corrected chi connectivity index (χ1v) is 8.95. The molecule has 25 heavy (non-hydrogen) atoms. The Hall–Kier alpha value is -2.37. The monoisotopic (exact) mass is 346 g/mol. The number of carbonyl (C=O) groups is 3. The van der Waals surface area contributed by atoms with Gasteiger partial charge in [-0.2, -0.15) is 0 Å². The predicted molar refractivity (Wildman–Crippen MR) is 95.4 cm³/mol. The average molecular weight is 346 g/mol. The van der Waals surface area contributed by atoms with Crippen LogP contribution in [-0.2, 0) is 9.59 Å². The first-order valence-electron chi connectivity index (χ1n) is 8.95. The molecule has 2 atom stereocenters. The van der Waals surface area contributed by atoms with Crippen molar-refractivity contribution in [3.05, 3.63) is 29.8 Å². The Kier molecular flexibility index (Phi) is 6.98. The number of carboxylic acids is 1. The quantitative estimate of drug-likeness (QED) is 0.763. The van der Waals surface area contributed by atoms with E-state index < -0.39 is 11.9 Å². The molecule has 0 spiro atoms. The molecule has 1 aliphatic rings. The van der Waals surface area contributed by atoms with Crippen molar-refractivity contribution in [3.63, 3.8) is 0 Å². The van der Waals surface area contributed by atoms with Crippen molar-refractivity contribution in [1.82, 2.24) is 5.32 Å². The van der Waals surface area contributed by atoms with Gasteiger partial charge in [-0.1, -0.05) is 38.7 Å². The lowest BCUT2D eigenvalue weighted by molar-refractivity contribution is -0.143. The van der Waals surface area contributed by atoms with Crippen molar-refractivity contribution in [2.24, 2.45) is 5.92 Å². The molecule has 1 aromatic carbocycles. The van der Waals surface area contributed by atoms with Crippen LogP contribution < -0.4 is 10.6 Å². The van der Waals surface area contributed by atoms with Gasteiger partial charge in [-0.3, -0.25) is 14.4 Å². The number of hydrogen-bond acceptors (Lipinski definition) is 3. The second-order valence-corrected chi connectivity index (χ2v) is 6.50. The molecule has 0 bridgehead atoms. The van der Waals surface area contributed by atoms with Crippen molar-refractivity contribution in [2.45, 2.75) is 57.9 Å². The maximum Gasteiger partial charge on any atom is 0.308 e. The van der Waals surface area contributed by atoms with Gasteiger partial charge >= 0.3 is 5.97 Å². The van der Waals surface area contributed by atoms with Crippen LogP contribution in [0.1, 0.15) is 62.2 Å². The van der Waals surface area contributed by atoms with E-state index in [1.54, 1.807) is 31.2 Å². The molecule has 2 rings (SSSR count). The van der Waals surface area contributed by atoms with Gasteiger partial charge in [-0.15, -0.1) is 0 Å². The summed E-state index contributed by atoms with van der Waals surface area (Å²) in [5.74, 6) is -1.82. The van der Waals surface area contributed by atoms with E-state index in [1.165, 1.54) is 0 Å². The molecule has 1 aliphatic carbocycles. The molecular formula is C19H26N2O4. The molecule has 2 amide bonds. The van der Waals surface area contributed by atoms with Crippen molar-refractivity contribution in [1.29, 1.82) is 0 Å². The van der Waals surface area contributed by atoms with Gasteiger partial charge in [0.2, 0.25) is 5.91 Å². The summed E-state index contributed by atoms with van der Waals surface area (Å²) in [6.07, 6.45) is 5.53. The second-order valence-electron chi connectivity index (χ2n) is 6.50. The summed E-state index contributed by atoms with van der Waals surface area (Å²) in [5.41, 5.74) is 0.979. The normalized spacial score (nSPS) is 20.8. The maximum atomic E-state index is 12.6. The lowest BCUT2D eigenvalue weighted by Gasteiger charge is -2.27. The number of hydrogen-bond donors (Lipinski definition) is 3. The fraction of sp³-hybridized carbons (Fsp3) is 0.526. The standard InChI is InChI=1S/C19H26N2O4/c1-2-17(22)20-14-9-7-8-13(12-14)18(23)21-16-11-6-4-3-5-10-15(16)19(24)25/h7-9,12,15-16H,2-6,10-11H2,1H3,(H,20,22)(H,21,23)(H,24,25). The fourth-order valence-corrected chi connectivity index (χ4v) is 3.19. The molecule has 0 heterocycles. The third-order valence-electron chi connectivity index (χ3n) is 4.63. The molecule has 136 valence electrons. The van der Waals surface area contributed by atoms with Crippen LogP contribution >= 0.6 is 0 Å². The van der Waals surface area contributed by atoms with E-state index in [4.69, 9.17) is 0 Å². The predicted octanol–water partition coefficient (Wildman–Crippen LogP) is 3.19. The highest BCUT2D eigenvalue weighted by Crippen LogP contribution is 2.24. The number of aliphatic carboxylic acids is 1. The first kappa shape index (κ1) is 19.0. The van der Waals surface area contributed by atoms with Crippen LogP contribution in [-0.4, -0.2) is 28.9 Å². The third kappa shape index (κ3) is 5.59. The van der Waals surface area contributed by atoms with E-state index in [1.807, 2.05) is 0 Å². The molecule has 1 aromatic rings. The number of carboxylic acid groups (broad SMARTS) is 1. The van der Waals surface area contributed by atoms with Crippen LogP contribution in [0.4, 0.5) is 5.69 Å². The summed E-state index contributed by atoms with van der Waals surface area (Å²) in [7, 11) is 0. The summed E-state index contributed by atoms with van der Waals surface area (Å²) in [5, 5.41) is 15.1. The summed E-state index contributed by atoms with van der Waals surface area (Å²) in [6, 6.07) is 6.34. The average Bonchev–Trinajstić information content (AvgIpc) is 2.57. The van der Waals surface area contributed by atoms with Crippen molar-refractivity contribution < 1.29 is 19.5 Å². The molecule has 6 nitrogen and oxygen atoms in total. The molecule has 0 aromatic heterocycles. The lowest BCUT2D eigenvalue weighted by Crippen LogP contribution is -2.43. The topological polar surface area (TPSA) is 95.5 Å². The molecule has 0 radical (unpaired) electrons. The van der Waals surface area contributed by atoms with E-state index in [9.17, 15) is 19.5 Å². The summed E-state index contributed by atoms with van der Waals surface area (Å²) < 4.78 is 0. The Bertz CT molecular complexity index is 630.